The number of nitrogens with two attached hydrogens (primary N) is 2. The second-order valence-corrected chi connectivity index (χ2v) is 2.53. The summed E-state index contributed by atoms with van der Waals surface area (Å²) in [6.07, 6.45) is 2.57. The van der Waals surface area contributed by atoms with Crippen LogP contribution >= 0.6 is 0 Å². The standard InChI is InChI=1S/C8H13N3/c1-2-7(10)8-5-6(9)3-4-11-8/h3-5,7H,2,10H2,1H3,(H2,9,11)/t7-/m0/s1. The number of hydrogen-bond acceptors (Lipinski definition) is 3. The molecule has 0 amide bonds. The molecule has 0 spiro atoms. The summed E-state index contributed by atoms with van der Waals surface area (Å²) in [6, 6.07) is 3.58. The summed E-state index contributed by atoms with van der Waals surface area (Å²) >= 11 is 0. The van der Waals surface area contributed by atoms with Gasteiger partial charge in [-0.1, -0.05) is 6.92 Å². The van der Waals surface area contributed by atoms with Crippen LogP contribution in [0.1, 0.15) is 25.1 Å². The summed E-state index contributed by atoms with van der Waals surface area (Å²) in [6.45, 7) is 2.02. The molecule has 0 saturated heterocycles. The normalized spacial score (nSPS) is 12.9. The fourth-order valence-corrected chi connectivity index (χ4v) is 0.877. The molecule has 3 heteroatoms. The molecule has 3 nitrogen and oxygen atoms in total. The molecule has 1 heterocycles. The van der Waals surface area contributed by atoms with Crippen LogP contribution in [0.25, 0.3) is 0 Å². The Morgan fingerprint density at radius 1 is 1.64 bits per heavy atom. The van der Waals surface area contributed by atoms with Gasteiger partial charge in [-0.3, -0.25) is 4.98 Å². The first-order chi connectivity index (χ1) is 5.24. The van der Waals surface area contributed by atoms with E-state index in [1.54, 1.807) is 12.3 Å². The van der Waals surface area contributed by atoms with Crippen LogP contribution in [-0.2, 0) is 0 Å². The van der Waals surface area contributed by atoms with E-state index in [1.807, 2.05) is 13.0 Å². The summed E-state index contributed by atoms with van der Waals surface area (Å²) in [5.41, 5.74) is 12.9. The molecule has 0 bridgehead atoms. The highest BCUT2D eigenvalue weighted by molar-refractivity contribution is 5.37. The van der Waals surface area contributed by atoms with Gasteiger partial charge in [-0.05, 0) is 18.6 Å². The number of aromatic nitrogens is 1. The minimum Gasteiger partial charge on any atom is -0.399 e. The Morgan fingerprint density at radius 2 is 2.36 bits per heavy atom. The number of nitrogens with zero attached hydrogens (tertiary/aromatic N) is 1. The number of pyridine rings is 1. The van der Waals surface area contributed by atoms with E-state index in [0.29, 0.717) is 0 Å². The van der Waals surface area contributed by atoms with E-state index < -0.39 is 0 Å². The predicted molar refractivity (Wildman–Crippen MR) is 45.9 cm³/mol. The molecule has 0 aliphatic heterocycles. The maximum Gasteiger partial charge on any atom is 0.0591 e. The number of anilines is 1. The Balaban J connectivity index is 2.86. The van der Waals surface area contributed by atoms with Crippen LogP contribution < -0.4 is 11.5 Å². The molecule has 0 aliphatic rings. The summed E-state index contributed by atoms with van der Waals surface area (Å²) in [5.74, 6) is 0. The van der Waals surface area contributed by atoms with E-state index in [0.717, 1.165) is 17.8 Å². The molecule has 1 aromatic rings. The van der Waals surface area contributed by atoms with Crippen molar-refractivity contribution in [1.82, 2.24) is 4.98 Å². The van der Waals surface area contributed by atoms with Crippen LogP contribution in [0.4, 0.5) is 5.69 Å². The molecule has 1 aromatic heterocycles. The third-order valence-electron chi connectivity index (χ3n) is 1.62. The summed E-state index contributed by atoms with van der Waals surface area (Å²) in [5, 5.41) is 0. The van der Waals surface area contributed by atoms with Crippen molar-refractivity contribution < 1.29 is 0 Å². The van der Waals surface area contributed by atoms with Crippen LogP contribution in [0.5, 0.6) is 0 Å². The molecular formula is C8H13N3. The van der Waals surface area contributed by atoms with Crippen LogP contribution in [0.15, 0.2) is 18.3 Å². The van der Waals surface area contributed by atoms with E-state index in [4.69, 9.17) is 11.5 Å². The van der Waals surface area contributed by atoms with Crippen molar-refractivity contribution in [2.75, 3.05) is 5.73 Å². The van der Waals surface area contributed by atoms with Gasteiger partial charge in [0.05, 0.1) is 5.69 Å². The molecule has 0 radical (unpaired) electrons. The van der Waals surface area contributed by atoms with Gasteiger partial charge in [0.25, 0.3) is 0 Å². The fraction of sp³-hybridized carbons (Fsp3) is 0.375. The Morgan fingerprint density at radius 3 is 2.91 bits per heavy atom. The quantitative estimate of drug-likeness (QED) is 0.664. The average molecular weight is 151 g/mol. The third kappa shape index (κ3) is 1.91. The van der Waals surface area contributed by atoms with Crippen LogP contribution in [0.3, 0.4) is 0 Å². The van der Waals surface area contributed by atoms with Gasteiger partial charge in [-0.15, -0.1) is 0 Å². The third-order valence-corrected chi connectivity index (χ3v) is 1.62. The zero-order valence-corrected chi connectivity index (χ0v) is 6.62. The predicted octanol–water partition coefficient (Wildman–Crippen LogP) is 1.07. The molecule has 0 aromatic carbocycles. The largest absolute Gasteiger partial charge is 0.399 e. The second kappa shape index (κ2) is 3.34. The summed E-state index contributed by atoms with van der Waals surface area (Å²) in [7, 11) is 0. The van der Waals surface area contributed by atoms with Gasteiger partial charge in [0.1, 0.15) is 0 Å². The van der Waals surface area contributed by atoms with E-state index in [9.17, 15) is 0 Å². The molecule has 1 rings (SSSR count). The summed E-state index contributed by atoms with van der Waals surface area (Å²) < 4.78 is 0. The molecule has 11 heavy (non-hydrogen) atoms. The molecule has 1 atom stereocenters. The SMILES string of the molecule is CC[C@H](N)c1cc(N)ccn1. The van der Waals surface area contributed by atoms with Gasteiger partial charge < -0.3 is 11.5 Å². The van der Waals surface area contributed by atoms with E-state index in [-0.39, 0.29) is 6.04 Å². The Bertz CT molecular complexity index is 235. The van der Waals surface area contributed by atoms with Crippen LogP contribution in [-0.4, -0.2) is 4.98 Å². The average Bonchev–Trinajstić information content (AvgIpc) is 2.03. The van der Waals surface area contributed by atoms with Gasteiger partial charge in [0, 0.05) is 17.9 Å². The fourth-order valence-electron chi connectivity index (χ4n) is 0.877. The van der Waals surface area contributed by atoms with Crippen molar-refractivity contribution >= 4 is 5.69 Å². The van der Waals surface area contributed by atoms with Gasteiger partial charge in [-0.2, -0.15) is 0 Å². The van der Waals surface area contributed by atoms with Crippen molar-refractivity contribution in [2.24, 2.45) is 5.73 Å². The Labute approximate surface area is 66.4 Å². The van der Waals surface area contributed by atoms with Gasteiger partial charge in [-0.25, -0.2) is 0 Å². The first kappa shape index (κ1) is 8.01. The molecule has 0 fully saturated rings. The van der Waals surface area contributed by atoms with E-state index in [2.05, 4.69) is 4.98 Å². The molecule has 0 unspecified atom stereocenters. The Kier molecular flexibility index (Phi) is 2.44. The van der Waals surface area contributed by atoms with Crippen LogP contribution in [0.2, 0.25) is 0 Å². The molecule has 0 saturated carbocycles. The van der Waals surface area contributed by atoms with Gasteiger partial charge in [0.2, 0.25) is 0 Å². The zero-order chi connectivity index (χ0) is 8.27. The Hall–Kier alpha value is -1.09. The molecule has 4 N–H and O–H groups in total. The topological polar surface area (TPSA) is 64.9 Å². The van der Waals surface area contributed by atoms with Crippen molar-refractivity contribution in [3.8, 4) is 0 Å². The first-order valence-corrected chi connectivity index (χ1v) is 3.71. The van der Waals surface area contributed by atoms with Crippen molar-refractivity contribution in [3.05, 3.63) is 24.0 Å². The summed E-state index contributed by atoms with van der Waals surface area (Å²) in [4.78, 5) is 4.11. The molecular weight excluding hydrogens is 138 g/mol. The minimum absolute atomic E-state index is 0.0125. The van der Waals surface area contributed by atoms with E-state index in [1.165, 1.54) is 0 Å². The lowest BCUT2D eigenvalue weighted by Gasteiger charge is -2.07. The van der Waals surface area contributed by atoms with Gasteiger partial charge in [0.15, 0.2) is 0 Å². The lowest BCUT2D eigenvalue weighted by atomic mass is 10.1. The van der Waals surface area contributed by atoms with E-state index >= 15 is 0 Å². The van der Waals surface area contributed by atoms with Crippen molar-refractivity contribution in [3.63, 3.8) is 0 Å². The van der Waals surface area contributed by atoms with Crippen LogP contribution in [0, 0.1) is 0 Å². The lowest BCUT2D eigenvalue weighted by molar-refractivity contribution is 0.676. The molecule has 0 aliphatic carbocycles. The minimum atomic E-state index is 0.0125. The highest BCUT2D eigenvalue weighted by atomic mass is 14.8. The maximum absolute atomic E-state index is 5.75. The highest BCUT2D eigenvalue weighted by Gasteiger charge is 2.03. The number of rotatable bonds is 2. The highest BCUT2D eigenvalue weighted by Crippen LogP contribution is 2.12. The van der Waals surface area contributed by atoms with Gasteiger partial charge >= 0.3 is 0 Å². The second-order valence-electron chi connectivity index (χ2n) is 2.53. The number of nitrogen functional groups attached to an aromatic ring is 1. The smallest absolute Gasteiger partial charge is 0.0591 e. The van der Waals surface area contributed by atoms with Crippen molar-refractivity contribution in [2.45, 2.75) is 19.4 Å². The monoisotopic (exact) mass is 151 g/mol. The maximum atomic E-state index is 5.75. The number of hydrogen-bond donors (Lipinski definition) is 2. The molecule has 60 valence electrons. The lowest BCUT2D eigenvalue weighted by Crippen LogP contribution is -2.10. The van der Waals surface area contributed by atoms with Crippen molar-refractivity contribution in [1.29, 1.82) is 0 Å². The first-order valence-electron chi connectivity index (χ1n) is 3.71. The zero-order valence-electron chi connectivity index (χ0n) is 6.62.